The zero-order chi connectivity index (χ0) is 15.5. The Kier molecular flexibility index (Phi) is 5.41. The third-order valence-corrected chi connectivity index (χ3v) is 3.33. The highest BCUT2D eigenvalue weighted by Crippen LogP contribution is 2.19. The first-order valence-electron chi connectivity index (χ1n) is 5.52. The molecule has 0 spiro atoms. The number of hydrogen-bond donors (Lipinski definition) is 2. The van der Waals surface area contributed by atoms with E-state index in [0.717, 1.165) is 0 Å². The number of halogens is 4. The van der Waals surface area contributed by atoms with Crippen LogP contribution in [0, 0.1) is 23.3 Å². The molecule has 1 rings (SSSR count). The summed E-state index contributed by atoms with van der Waals surface area (Å²) >= 11 is 1.30. The Balaban J connectivity index is 2.94. The Bertz CT molecular complexity index is 496. The minimum Gasteiger partial charge on any atom is -0.387 e. The molecule has 112 valence electrons. The van der Waals surface area contributed by atoms with Crippen molar-refractivity contribution in [3.63, 3.8) is 0 Å². The van der Waals surface area contributed by atoms with Crippen molar-refractivity contribution >= 4 is 17.7 Å². The minimum atomic E-state index is -1.77. The molecule has 1 unspecified atom stereocenters. The lowest BCUT2D eigenvalue weighted by Gasteiger charge is -2.22. The van der Waals surface area contributed by atoms with E-state index in [1.807, 2.05) is 5.32 Å². The largest absolute Gasteiger partial charge is 0.387 e. The van der Waals surface area contributed by atoms with E-state index in [2.05, 4.69) is 0 Å². The van der Waals surface area contributed by atoms with Gasteiger partial charge in [0.2, 0.25) is 0 Å². The quantitative estimate of drug-likeness (QED) is 0.647. The highest BCUT2D eigenvalue weighted by atomic mass is 32.2. The van der Waals surface area contributed by atoms with Gasteiger partial charge in [-0.3, -0.25) is 4.79 Å². The molecule has 1 atom stereocenters. The van der Waals surface area contributed by atoms with Crippen LogP contribution < -0.4 is 5.32 Å². The fourth-order valence-corrected chi connectivity index (χ4v) is 2.22. The molecule has 20 heavy (non-hydrogen) atoms. The molecule has 0 fully saturated rings. The summed E-state index contributed by atoms with van der Waals surface area (Å²) < 4.78 is 52.6. The molecule has 1 aromatic rings. The maximum Gasteiger partial charge on any atom is 0.257 e. The molecule has 0 aliphatic heterocycles. The van der Waals surface area contributed by atoms with Crippen LogP contribution in [-0.4, -0.2) is 35.2 Å². The minimum absolute atomic E-state index is 0.0192. The van der Waals surface area contributed by atoms with Crippen LogP contribution in [0.3, 0.4) is 0 Å². The van der Waals surface area contributed by atoms with Gasteiger partial charge in [0.15, 0.2) is 23.3 Å². The second-order valence-corrected chi connectivity index (χ2v) is 5.32. The number of rotatable bonds is 5. The van der Waals surface area contributed by atoms with E-state index in [-0.39, 0.29) is 18.4 Å². The molecule has 2 N–H and O–H groups in total. The highest BCUT2D eigenvalue weighted by molar-refractivity contribution is 7.98. The molecular formula is C12H13F4NO2S. The van der Waals surface area contributed by atoms with Crippen molar-refractivity contribution in [2.45, 2.75) is 12.5 Å². The molecule has 3 nitrogen and oxygen atoms in total. The van der Waals surface area contributed by atoms with Crippen LogP contribution in [0.2, 0.25) is 0 Å². The summed E-state index contributed by atoms with van der Waals surface area (Å²) in [6.07, 6.45) is 1.72. The highest BCUT2D eigenvalue weighted by Gasteiger charge is 2.27. The zero-order valence-electron chi connectivity index (χ0n) is 10.8. The van der Waals surface area contributed by atoms with Gasteiger partial charge in [-0.2, -0.15) is 11.8 Å². The first kappa shape index (κ1) is 16.8. The molecule has 0 aromatic heterocycles. The predicted molar refractivity (Wildman–Crippen MR) is 67.6 cm³/mol. The van der Waals surface area contributed by atoms with Gasteiger partial charge in [0.05, 0.1) is 5.60 Å². The average molecular weight is 311 g/mol. The van der Waals surface area contributed by atoms with Gasteiger partial charge in [0.1, 0.15) is 5.56 Å². The van der Waals surface area contributed by atoms with Crippen molar-refractivity contribution in [1.82, 2.24) is 5.32 Å². The van der Waals surface area contributed by atoms with Crippen LogP contribution in [0.1, 0.15) is 17.3 Å². The Hall–Kier alpha value is -1.28. The van der Waals surface area contributed by atoms with Crippen molar-refractivity contribution in [2.24, 2.45) is 0 Å². The second kappa shape index (κ2) is 6.45. The summed E-state index contributed by atoms with van der Waals surface area (Å²) in [5.74, 6) is -7.94. The molecule has 8 heteroatoms. The van der Waals surface area contributed by atoms with Gasteiger partial charge in [-0.1, -0.05) is 0 Å². The number of benzene rings is 1. The maximum atomic E-state index is 13.4. The number of thioether (sulfide) groups is 1. The van der Waals surface area contributed by atoms with E-state index in [1.54, 1.807) is 6.26 Å². The van der Waals surface area contributed by atoms with Crippen molar-refractivity contribution in [1.29, 1.82) is 0 Å². The number of nitrogens with one attached hydrogen (secondary N) is 1. The van der Waals surface area contributed by atoms with Gasteiger partial charge in [-0.05, 0) is 13.2 Å². The van der Waals surface area contributed by atoms with Gasteiger partial charge < -0.3 is 10.4 Å². The van der Waals surface area contributed by atoms with Gasteiger partial charge in [-0.25, -0.2) is 17.6 Å². The summed E-state index contributed by atoms with van der Waals surface area (Å²) in [4.78, 5) is 11.6. The topological polar surface area (TPSA) is 49.3 Å². The molecule has 0 saturated heterocycles. The van der Waals surface area contributed by atoms with Gasteiger partial charge in [0.25, 0.3) is 5.91 Å². The first-order valence-corrected chi connectivity index (χ1v) is 6.91. The second-order valence-electron chi connectivity index (χ2n) is 4.46. The molecule has 1 amide bonds. The number of aliphatic hydroxyl groups is 1. The lowest BCUT2D eigenvalue weighted by molar-refractivity contribution is 0.0719. The lowest BCUT2D eigenvalue weighted by atomic mass is 10.1. The van der Waals surface area contributed by atoms with E-state index in [4.69, 9.17) is 0 Å². The van der Waals surface area contributed by atoms with Gasteiger partial charge in [-0.15, -0.1) is 0 Å². The smallest absolute Gasteiger partial charge is 0.257 e. The molecule has 0 aliphatic carbocycles. The van der Waals surface area contributed by atoms with Crippen LogP contribution >= 0.6 is 11.8 Å². The first-order chi connectivity index (χ1) is 9.19. The molecule has 1 aromatic carbocycles. The molecular weight excluding hydrogens is 298 g/mol. The lowest BCUT2D eigenvalue weighted by Crippen LogP contribution is -2.43. The summed E-state index contributed by atoms with van der Waals surface area (Å²) in [5, 5.41) is 11.8. The van der Waals surface area contributed by atoms with Crippen molar-refractivity contribution in [3.05, 3.63) is 34.9 Å². The zero-order valence-corrected chi connectivity index (χ0v) is 11.6. The summed E-state index contributed by atoms with van der Waals surface area (Å²) in [5.41, 5.74) is -2.66. The number of carbonyl (C=O) groups excluding carboxylic acids is 1. The van der Waals surface area contributed by atoms with Crippen LogP contribution in [-0.2, 0) is 0 Å². The monoisotopic (exact) mass is 311 g/mol. The average Bonchev–Trinajstić information content (AvgIpc) is 2.34. The number of hydrogen-bond acceptors (Lipinski definition) is 3. The normalized spacial score (nSPS) is 13.9. The molecule has 0 bridgehead atoms. The Morgan fingerprint density at radius 1 is 1.30 bits per heavy atom. The maximum absolute atomic E-state index is 13.4. The number of carbonyl (C=O) groups is 1. The van der Waals surface area contributed by atoms with Gasteiger partial charge in [0, 0.05) is 18.4 Å². The Morgan fingerprint density at radius 2 is 1.80 bits per heavy atom. The molecule has 0 radical (unpaired) electrons. The van der Waals surface area contributed by atoms with Crippen molar-refractivity contribution in [3.8, 4) is 0 Å². The van der Waals surface area contributed by atoms with E-state index in [0.29, 0.717) is 0 Å². The molecule has 0 saturated carbocycles. The van der Waals surface area contributed by atoms with E-state index < -0.39 is 40.3 Å². The molecule has 0 aliphatic rings. The summed E-state index contributed by atoms with van der Waals surface area (Å²) in [6.45, 7) is 1.09. The standard InChI is InChI=1S/C12H13F4NO2S/c1-12(19,5-20-2)4-17-11(18)8-9(15)6(13)3-7(14)10(8)16/h3,19H,4-5H2,1-2H3,(H,17,18). The van der Waals surface area contributed by atoms with E-state index in [1.165, 1.54) is 18.7 Å². The number of amides is 1. The summed E-state index contributed by atoms with van der Waals surface area (Å²) in [6, 6.07) is 0.0192. The fraction of sp³-hybridized carbons (Fsp3) is 0.417. The predicted octanol–water partition coefficient (Wildman–Crippen LogP) is 2.09. The third kappa shape index (κ3) is 3.86. The molecule has 0 heterocycles. The van der Waals surface area contributed by atoms with Crippen LogP contribution in [0.15, 0.2) is 6.07 Å². The van der Waals surface area contributed by atoms with Crippen molar-refractivity contribution < 1.29 is 27.5 Å². The fourth-order valence-electron chi connectivity index (χ4n) is 1.49. The van der Waals surface area contributed by atoms with Crippen LogP contribution in [0.5, 0.6) is 0 Å². The van der Waals surface area contributed by atoms with Crippen LogP contribution in [0.25, 0.3) is 0 Å². The van der Waals surface area contributed by atoms with Crippen molar-refractivity contribution in [2.75, 3.05) is 18.6 Å². The SMILES string of the molecule is CSCC(C)(O)CNC(=O)c1c(F)c(F)cc(F)c1F. The Morgan fingerprint density at radius 3 is 2.25 bits per heavy atom. The van der Waals surface area contributed by atoms with E-state index in [9.17, 15) is 27.5 Å². The third-order valence-electron chi connectivity index (χ3n) is 2.42. The van der Waals surface area contributed by atoms with E-state index >= 15 is 0 Å². The van der Waals surface area contributed by atoms with Crippen LogP contribution in [0.4, 0.5) is 17.6 Å². The van der Waals surface area contributed by atoms with Gasteiger partial charge >= 0.3 is 0 Å². The summed E-state index contributed by atoms with van der Waals surface area (Å²) in [7, 11) is 0. The Labute approximate surface area is 117 Å².